The fraction of sp³-hybridized carbons (Fsp3) is 0.333. The summed E-state index contributed by atoms with van der Waals surface area (Å²) >= 11 is 0. The Morgan fingerprint density at radius 2 is 2.00 bits per heavy atom. The first-order valence-electron chi connectivity index (χ1n) is 8.69. The maximum Gasteiger partial charge on any atom is 0.227 e. The van der Waals surface area contributed by atoms with Crippen LogP contribution in [-0.4, -0.2) is 30.2 Å². The van der Waals surface area contributed by atoms with Gasteiger partial charge < -0.3 is 20.9 Å². The molecule has 0 saturated heterocycles. The first kappa shape index (κ1) is 22.0. The normalized spacial score (nSPS) is 11.2. The summed E-state index contributed by atoms with van der Waals surface area (Å²) in [5.74, 6) is -0.476. The molecular weight excluding hydrogens is 342 g/mol. The van der Waals surface area contributed by atoms with Crippen molar-refractivity contribution >= 4 is 28.8 Å². The van der Waals surface area contributed by atoms with E-state index < -0.39 is 5.78 Å². The molecule has 0 aliphatic carbocycles. The Kier molecular flexibility index (Phi) is 8.33. The number of Topliss-reactive ketones (excluding diaryl/α,β-unsaturated/α-hetero) is 1. The van der Waals surface area contributed by atoms with Crippen molar-refractivity contribution in [1.29, 1.82) is 10.8 Å². The molecule has 0 bridgehead atoms. The molecule has 6 heteroatoms. The minimum Gasteiger partial charge on any atom is -0.496 e. The Morgan fingerprint density at radius 1 is 1.33 bits per heavy atom. The van der Waals surface area contributed by atoms with Crippen molar-refractivity contribution in [1.82, 2.24) is 0 Å². The van der Waals surface area contributed by atoms with Gasteiger partial charge in [-0.3, -0.25) is 9.59 Å². The number of nitrogens with one attached hydrogen (secondary N) is 3. The zero-order valence-corrected chi connectivity index (χ0v) is 16.1. The number of hydrogen-bond acceptors (Lipinski definition) is 5. The van der Waals surface area contributed by atoms with Crippen molar-refractivity contribution in [3.8, 4) is 5.75 Å². The molecule has 0 heterocycles. The summed E-state index contributed by atoms with van der Waals surface area (Å²) in [6.07, 6.45) is 3.49. The Hall–Kier alpha value is -3.02. The van der Waals surface area contributed by atoms with E-state index in [1.807, 2.05) is 6.92 Å². The van der Waals surface area contributed by atoms with E-state index in [1.54, 1.807) is 12.1 Å². The SMILES string of the molecule is C=CC(=N)C(=C)CCCC(C)C(=O)Nc1ccc(OC)c(C(=O)C(C)=N)c1. The molecule has 1 atom stereocenters. The maximum atomic E-state index is 12.4. The molecule has 0 saturated carbocycles. The summed E-state index contributed by atoms with van der Waals surface area (Å²) in [6, 6.07) is 4.78. The standard InChI is InChI=1S/C21H27N3O3/c1-6-18(23)13(2)8-7-9-14(3)21(26)24-16-10-11-19(27-5)17(12-16)20(25)15(4)22/h6,10-12,14,22-23H,1-2,7-9H2,3-5H3,(H,24,26). The number of ketones is 1. The maximum absolute atomic E-state index is 12.4. The third-order valence-corrected chi connectivity index (χ3v) is 4.20. The zero-order chi connectivity index (χ0) is 20.6. The second-order valence-corrected chi connectivity index (χ2v) is 6.37. The van der Waals surface area contributed by atoms with Crippen molar-refractivity contribution in [3.05, 3.63) is 48.6 Å². The second kappa shape index (κ2) is 10.2. The van der Waals surface area contributed by atoms with Gasteiger partial charge in [-0.25, -0.2) is 0 Å². The molecule has 1 aromatic carbocycles. The van der Waals surface area contributed by atoms with Crippen LogP contribution in [0, 0.1) is 16.7 Å². The van der Waals surface area contributed by atoms with Gasteiger partial charge in [0, 0.05) is 11.6 Å². The lowest BCUT2D eigenvalue weighted by Gasteiger charge is -2.14. The van der Waals surface area contributed by atoms with Crippen molar-refractivity contribution < 1.29 is 14.3 Å². The molecule has 0 radical (unpaired) electrons. The molecule has 0 aromatic heterocycles. The van der Waals surface area contributed by atoms with E-state index in [-0.39, 0.29) is 23.1 Å². The first-order chi connectivity index (χ1) is 12.7. The topological polar surface area (TPSA) is 103 Å². The highest BCUT2D eigenvalue weighted by Crippen LogP contribution is 2.24. The predicted octanol–water partition coefficient (Wildman–Crippen LogP) is 4.42. The van der Waals surface area contributed by atoms with Gasteiger partial charge in [0.1, 0.15) is 5.75 Å². The van der Waals surface area contributed by atoms with Crippen molar-refractivity contribution in [2.24, 2.45) is 5.92 Å². The van der Waals surface area contributed by atoms with Gasteiger partial charge in [0.25, 0.3) is 0 Å². The van der Waals surface area contributed by atoms with Crippen LogP contribution in [0.15, 0.2) is 43.0 Å². The lowest BCUT2D eigenvalue weighted by Crippen LogP contribution is -2.21. The summed E-state index contributed by atoms with van der Waals surface area (Å²) in [6.45, 7) is 10.6. The van der Waals surface area contributed by atoms with E-state index in [0.29, 0.717) is 35.6 Å². The van der Waals surface area contributed by atoms with E-state index in [1.165, 1.54) is 26.2 Å². The number of rotatable bonds is 11. The van der Waals surface area contributed by atoms with Crippen LogP contribution >= 0.6 is 0 Å². The highest BCUT2D eigenvalue weighted by Gasteiger charge is 2.17. The van der Waals surface area contributed by atoms with Crippen LogP contribution in [0.5, 0.6) is 5.75 Å². The summed E-state index contributed by atoms with van der Waals surface area (Å²) in [5.41, 5.74) is 1.65. The Balaban J connectivity index is 2.73. The van der Waals surface area contributed by atoms with Crippen LogP contribution in [0.4, 0.5) is 5.69 Å². The van der Waals surface area contributed by atoms with Gasteiger partial charge in [0.15, 0.2) is 0 Å². The molecule has 1 amide bonds. The van der Waals surface area contributed by atoms with Crippen LogP contribution in [0.3, 0.4) is 0 Å². The predicted molar refractivity (Wildman–Crippen MR) is 109 cm³/mol. The Morgan fingerprint density at radius 3 is 2.56 bits per heavy atom. The highest BCUT2D eigenvalue weighted by atomic mass is 16.5. The molecule has 1 rings (SSSR count). The van der Waals surface area contributed by atoms with Crippen LogP contribution in [0.2, 0.25) is 0 Å². The summed E-state index contributed by atoms with van der Waals surface area (Å²) < 4.78 is 5.17. The van der Waals surface area contributed by atoms with Gasteiger partial charge in [-0.15, -0.1) is 0 Å². The molecular formula is C21H27N3O3. The van der Waals surface area contributed by atoms with Gasteiger partial charge in [-0.1, -0.05) is 20.1 Å². The number of anilines is 1. The van der Waals surface area contributed by atoms with Crippen LogP contribution in [0.1, 0.15) is 43.5 Å². The zero-order valence-electron chi connectivity index (χ0n) is 16.1. The van der Waals surface area contributed by atoms with E-state index in [2.05, 4.69) is 18.5 Å². The molecule has 0 spiro atoms. The first-order valence-corrected chi connectivity index (χ1v) is 8.69. The average molecular weight is 369 g/mol. The molecule has 3 N–H and O–H groups in total. The van der Waals surface area contributed by atoms with Crippen molar-refractivity contribution in [3.63, 3.8) is 0 Å². The molecule has 0 aliphatic rings. The van der Waals surface area contributed by atoms with Crippen molar-refractivity contribution in [2.75, 3.05) is 12.4 Å². The number of benzene rings is 1. The number of methoxy groups -OCH3 is 1. The van der Waals surface area contributed by atoms with Crippen molar-refractivity contribution in [2.45, 2.75) is 33.1 Å². The summed E-state index contributed by atoms with van der Waals surface area (Å²) in [5, 5.41) is 18.0. The van der Waals surface area contributed by atoms with Crippen LogP contribution in [0.25, 0.3) is 0 Å². The van der Waals surface area contributed by atoms with E-state index in [9.17, 15) is 9.59 Å². The fourth-order valence-corrected chi connectivity index (χ4v) is 2.46. The summed E-state index contributed by atoms with van der Waals surface area (Å²) in [7, 11) is 1.45. The third kappa shape index (κ3) is 6.33. The number of carbonyl (C=O) groups is 2. The minimum absolute atomic E-state index is 0.101. The second-order valence-electron chi connectivity index (χ2n) is 6.37. The van der Waals surface area contributed by atoms with Gasteiger partial charge in [-0.05, 0) is 56.0 Å². The monoisotopic (exact) mass is 369 g/mol. The number of ether oxygens (including phenoxy) is 1. The largest absolute Gasteiger partial charge is 0.496 e. The molecule has 1 aromatic rings. The lowest BCUT2D eigenvalue weighted by molar-refractivity contribution is -0.119. The molecule has 0 fully saturated rings. The summed E-state index contributed by atoms with van der Waals surface area (Å²) in [4.78, 5) is 24.5. The van der Waals surface area contributed by atoms with Gasteiger partial charge in [0.2, 0.25) is 11.7 Å². The number of amides is 1. The molecule has 144 valence electrons. The van der Waals surface area contributed by atoms with Gasteiger partial charge in [-0.2, -0.15) is 0 Å². The molecule has 1 unspecified atom stereocenters. The van der Waals surface area contributed by atoms with E-state index >= 15 is 0 Å². The van der Waals surface area contributed by atoms with Gasteiger partial charge in [0.05, 0.1) is 24.1 Å². The number of allylic oxidation sites excluding steroid dienone is 2. The third-order valence-electron chi connectivity index (χ3n) is 4.20. The molecule has 6 nitrogen and oxygen atoms in total. The van der Waals surface area contributed by atoms with Crippen LogP contribution < -0.4 is 10.1 Å². The van der Waals surface area contributed by atoms with E-state index in [4.69, 9.17) is 15.6 Å². The minimum atomic E-state index is -0.445. The lowest BCUT2D eigenvalue weighted by atomic mass is 9.99. The molecule has 0 aliphatic heterocycles. The van der Waals surface area contributed by atoms with E-state index in [0.717, 1.165) is 6.42 Å². The molecule has 27 heavy (non-hydrogen) atoms. The Labute approximate surface area is 160 Å². The van der Waals surface area contributed by atoms with Crippen LogP contribution in [-0.2, 0) is 4.79 Å². The Bertz CT molecular complexity index is 781. The average Bonchev–Trinajstić information content (AvgIpc) is 2.66. The fourth-order valence-electron chi connectivity index (χ4n) is 2.46. The highest BCUT2D eigenvalue weighted by molar-refractivity contribution is 6.44. The number of carbonyl (C=O) groups excluding carboxylic acids is 2. The quantitative estimate of drug-likeness (QED) is 0.397. The number of hydrogen-bond donors (Lipinski definition) is 3. The smallest absolute Gasteiger partial charge is 0.227 e. The van der Waals surface area contributed by atoms with Gasteiger partial charge >= 0.3 is 0 Å².